The lowest BCUT2D eigenvalue weighted by molar-refractivity contribution is -0.140. The van der Waals surface area contributed by atoms with Crippen LogP contribution in [0.5, 0.6) is 0 Å². The third kappa shape index (κ3) is 8.74. The zero-order valence-electron chi connectivity index (χ0n) is 13.4. The van der Waals surface area contributed by atoms with Crippen molar-refractivity contribution in [2.75, 3.05) is 13.2 Å². The van der Waals surface area contributed by atoms with Crippen LogP contribution >= 0.6 is 0 Å². The number of hydrogen-bond donors (Lipinski definition) is 7. The van der Waals surface area contributed by atoms with Crippen LogP contribution in [0.2, 0.25) is 0 Å². The summed E-state index contributed by atoms with van der Waals surface area (Å²) in [6.07, 6.45) is -0.583. The van der Waals surface area contributed by atoms with Gasteiger partial charge in [0.25, 0.3) is 0 Å². The Balaban J connectivity index is 4.71. The first-order valence-corrected chi connectivity index (χ1v) is 7.13. The minimum Gasteiger partial charge on any atom is -0.481 e. The second-order valence-electron chi connectivity index (χ2n) is 5.07. The van der Waals surface area contributed by atoms with Crippen molar-refractivity contribution >= 4 is 30.0 Å². The quantitative estimate of drug-likeness (QED) is 0.188. The van der Waals surface area contributed by atoms with Crippen LogP contribution in [0.4, 0.5) is 0 Å². The molecule has 12 heteroatoms. The molecule has 0 aromatic rings. The molecule has 0 spiro atoms. The van der Waals surface area contributed by atoms with Gasteiger partial charge in [0.15, 0.2) is 0 Å². The van der Waals surface area contributed by atoms with Crippen LogP contribution in [0.3, 0.4) is 0 Å². The van der Waals surface area contributed by atoms with Gasteiger partial charge in [-0.05, 0) is 6.92 Å². The zero-order valence-corrected chi connectivity index (χ0v) is 13.4. The first-order valence-electron chi connectivity index (χ1n) is 7.13. The molecule has 0 bridgehead atoms. The van der Waals surface area contributed by atoms with E-state index in [2.05, 4.69) is 10.6 Å². The molecule has 0 saturated heterocycles. The van der Waals surface area contributed by atoms with E-state index in [0.29, 0.717) is 0 Å². The number of rotatable bonds is 11. The summed E-state index contributed by atoms with van der Waals surface area (Å²) in [5, 5.41) is 32.9. The van der Waals surface area contributed by atoms with Crippen molar-refractivity contribution < 1.29 is 39.3 Å². The minimum atomic E-state index is -1.53. The molecule has 0 aliphatic rings. The van der Waals surface area contributed by atoms with Crippen molar-refractivity contribution in [3.05, 3.63) is 0 Å². The fraction of sp³-hybridized carbons (Fsp3) is 0.615. The number of carbonyl (C=O) groups is 4. The van der Waals surface area contributed by atoms with Crippen LogP contribution in [-0.2, 0) is 24.0 Å². The molecule has 0 aromatic carbocycles. The van der Waals surface area contributed by atoms with E-state index in [9.17, 15) is 29.1 Å². The maximum atomic E-state index is 11.9. The average molecular weight is 361 g/mol. The van der Waals surface area contributed by atoms with Crippen LogP contribution in [0, 0.1) is 0 Å². The summed E-state index contributed by atoms with van der Waals surface area (Å²) in [6.45, 7) is -0.0996. The molecule has 0 heterocycles. The van der Waals surface area contributed by atoms with Gasteiger partial charge >= 0.3 is 5.97 Å². The summed E-state index contributed by atoms with van der Waals surface area (Å²) < 4.78 is 0. The molecule has 0 fully saturated rings. The predicted octanol–water partition coefficient (Wildman–Crippen LogP) is -4.64. The summed E-state index contributed by atoms with van der Waals surface area (Å²) in [7, 11) is 0. The fourth-order valence-corrected chi connectivity index (χ4v) is 1.51. The Morgan fingerprint density at radius 1 is 1.16 bits per heavy atom. The van der Waals surface area contributed by atoms with Crippen LogP contribution in [0.1, 0.15) is 13.3 Å². The van der Waals surface area contributed by atoms with E-state index >= 15 is 0 Å². The number of carboxylic acids is 1. The van der Waals surface area contributed by atoms with Gasteiger partial charge in [-0.1, -0.05) is 0 Å². The van der Waals surface area contributed by atoms with E-state index in [1.807, 2.05) is 5.32 Å². The SMILES string of the molecule is C[C@@H](O)[C@@H]([C]=O)NC(=O)CNC(=O)[C@H](CC(=O)O)NC(=O)[C@@H](N)CO. The monoisotopic (exact) mass is 361 g/mol. The molecule has 0 aliphatic heterocycles. The molecule has 141 valence electrons. The smallest absolute Gasteiger partial charge is 0.305 e. The van der Waals surface area contributed by atoms with Gasteiger partial charge in [0.05, 0.1) is 25.7 Å². The van der Waals surface area contributed by atoms with Gasteiger partial charge in [-0.25, -0.2) is 0 Å². The van der Waals surface area contributed by atoms with Crippen molar-refractivity contribution in [1.82, 2.24) is 16.0 Å². The molecule has 3 amide bonds. The van der Waals surface area contributed by atoms with Crippen molar-refractivity contribution in [2.24, 2.45) is 5.73 Å². The van der Waals surface area contributed by atoms with Gasteiger partial charge in [-0.3, -0.25) is 24.0 Å². The summed E-state index contributed by atoms with van der Waals surface area (Å²) in [4.78, 5) is 56.3. The molecule has 1 radical (unpaired) electrons. The molecule has 0 saturated carbocycles. The van der Waals surface area contributed by atoms with Crippen molar-refractivity contribution in [1.29, 1.82) is 0 Å². The number of carbonyl (C=O) groups excluding carboxylic acids is 4. The maximum Gasteiger partial charge on any atom is 0.305 e. The topological polar surface area (TPSA) is 208 Å². The van der Waals surface area contributed by atoms with Crippen molar-refractivity contribution in [2.45, 2.75) is 37.6 Å². The molecule has 0 aromatic heterocycles. The molecular formula is C13H21N4O8. The second kappa shape index (κ2) is 11.1. The highest BCUT2D eigenvalue weighted by atomic mass is 16.4. The van der Waals surface area contributed by atoms with Crippen molar-refractivity contribution in [3.63, 3.8) is 0 Å². The number of carboxylic acid groups (broad SMARTS) is 1. The molecular weight excluding hydrogens is 340 g/mol. The first-order chi connectivity index (χ1) is 11.6. The Bertz CT molecular complexity index is 510. The second-order valence-corrected chi connectivity index (χ2v) is 5.07. The number of aliphatic hydroxyl groups excluding tert-OH is 2. The third-order valence-corrected chi connectivity index (χ3v) is 2.89. The van der Waals surface area contributed by atoms with Gasteiger partial charge in [-0.2, -0.15) is 0 Å². The van der Waals surface area contributed by atoms with Gasteiger partial charge in [0.2, 0.25) is 24.0 Å². The summed E-state index contributed by atoms with van der Waals surface area (Å²) in [5.41, 5.74) is 5.25. The fourth-order valence-electron chi connectivity index (χ4n) is 1.51. The zero-order chi connectivity index (χ0) is 19.6. The first kappa shape index (κ1) is 22.4. The number of nitrogens with two attached hydrogens (primary N) is 1. The molecule has 0 unspecified atom stereocenters. The van der Waals surface area contributed by atoms with Gasteiger partial charge in [0.1, 0.15) is 18.1 Å². The Kier molecular flexibility index (Phi) is 9.93. The van der Waals surface area contributed by atoms with Crippen LogP contribution in [0.25, 0.3) is 0 Å². The van der Waals surface area contributed by atoms with Crippen LogP contribution in [0.15, 0.2) is 0 Å². The van der Waals surface area contributed by atoms with E-state index in [0.717, 1.165) is 0 Å². The summed E-state index contributed by atoms with van der Waals surface area (Å²) >= 11 is 0. The van der Waals surface area contributed by atoms with Gasteiger partial charge < -0.3 is 37.0 Å². The lowest BCUT2D eigenvalue weighted by atomic mass is 10.1. The van der Waals surface area contributed by atoms with Crippen LogP contribution < -0.4 is 21.7 Å². The molecule has 25 heavy (non-hydrogen) atoms. The van der Waals surface area contributed by atoms with Gasteiger partial charge in [-0.15, -0.1) is 0 Å². The van der Waals surface area contributed by atoms with E-state index in [1.54, 1.807) is 0 Å². The van der Waals surface area contributed by atoms with Crippen molar-refractivity contribution in [3.8, 4) is 0 Å². The highest BCUT2D eigenvalue weighted by Crippen LogP contribution is 1.95. The Morgan fingerprint density at radius 3 is 2.20 bits per heavy atom. The number of nitrogens with one attached hydrogen (secondary N) is 3. The van der Waals surface area contributed by atoms with E-state index in [1.165, 1.54) is 13.2 Å². The van der Waals surface area contributed by atoms with Crippen LogP contribution in [-0.4, -0.2) is 82.7 Å². The number of aliphatic hydroxyl groups is 2. The molecule has 0 rings (SSSR count). The third-order valence-electron chi connectivity index (χ3n) is 2.89. The minimum absolute atomic E-state index is 0.637. The Hall–Kier alpha value is -2.57. The number of hydrogen-bond acceptors (Lipinski definition) is 8. The molecule has 4 atom stereocenters. The maximum absolute atomic E-state index is 11.9. The van der Waals surface area contributed by atoms with E-state index in [-0.39, 0.29) is 0 Å². The number of aliphatic carboxylic acids is 1. The predicted molar refractivity (Wildman–Crippen MR) is 81.6 cm³/mol. The summed E-state index contributed by atoms with van der Waals surface area (Å²) in [5.74, 6) is -4.17. The Labute approximate surface area is 142 Å². The normalized spacial score (nSPS) is 15.2. The number of amides is 3. The van der Waals surface area contributed by atoms with Gasteiger partial charge in [0, 0.05) is 0 Å². The summed E-state index contributed by atoms with van der Waals surface area (Å²) in [6, 6.07) is -4.16. The standard InChI is InChI=1S/C13H21N4O8/c1-6(20)9(5-19)16-10(21)3-15-13(25)8(2-11(22)23)17-12(24)7(14)4-18/h6-9,18,20H,2-4,14H2,1H3,(H,15,25)(H,16,21)(H,17,24)(H,22,23)/t6-,7+,8+,9-/m1/s1. The van der Waals surface area contributed by atoms with E-state index < -0.39 is 67.5 Å². The molecule has 12 nitrogen and oxygen atoms in total. The molecule has 8 N–H and O–H groups in total. The largest absolute Gasteiger partial charge is 0.481 e. The van der Waals surface area contributed by atoms with E-state index in [4.69, 9.17) is 15.9 Å². The average Bonchev–Trinajstić information content (AvgIpc) is 2.55. The lowest BCUT2D eigenvalue weighted by Gasteiger charge is -2.19. The lowest BCUT2D eigenvalue weighted by Crippen LogP contribution is -2.54. The molecule has 0 aliphatic carbocycles. The highest BCUT2D eigenvalue weighted by molar-refractivity contribution is 5.94. The highest BCUT2D eigenvalue weighted by Gasteiger charge is 2.26. The Morgan fingerprint density at radius 2 is 1.76 bits per heavy atom.